The van der Waals surface area contributed by atoms with Crippen LogP contribution in [0.2, 0.25) is 5.02 Å². The van der Waals surface area contributed by atoms with Gasteiger partial charge in [0, 0.05) is 20.7 Å². The Hall–Kier alpha value is -1.33. The Balaban J connectivity index is 2.78. The van der Waals surface area contributed by atoms with Gasteiger partial charge in [0.15, 0.2) is 0 Å². The number of halogens is 1. The quantitative estimate of drug-likeness (QED) is 0.859. The highest BCUT2D eigenvalue weighted by Gasteiger charge is 2.19. The second kappa shape index (κ2) is 6.02. The van der Waals surface area contributed by atoms with Gasteiger partial charge in [-0.2, -0.15) is 0 Å². The molecule has 100 valence electrons. The third-order valence-electron chi connectivity index (χ3n) is 2.54. The van der Waals surface area contributed by atoms with Gasteiger partial charge >= 0.3 is 0 Å². The number of pyridine rings is 1. The number of hydrogen-bond acceptors (Lipinski definition) is 4. The summed E-state index contributed by atoms with van der Waals surface area (Å²) in [5.41, 5.74) is -0.224. The van der Waals surface area contributed by atoms with E-state index in [0.717, 1.165) is 0 Å². The van der Waals surface area contributed by atoms with Crippen LogP contribution in [0.3, 0.4) is 0 Å². The van der Waals surface area contributed by atoms with Crippen LogP contribution in [0.5, 0.6) is 0 Å². The van der Waals surface area contributed by atoms with Crippen LogP contribution in [0.25, 0.3) is 0 Å². The van der Waals surface area contributed by atoms with E-state index in [4.69, 9.17) is 16.3 Å². The van der Waals surface area contributed by atoms with Crippen LogP contribution in [0.4, 0.5) is 5.82 Å². The Kier molecular flexibility index (Phi) is 4.93. The van der Waals surface area contributed by atoms with E-state index in [2.05, 4.69) is 15.6 Å². The second-order valence-corrected chi connectivity index (χ2v) is 4.83. The van der Waals surface area contributed by atoms with Crippen LogP contribution < -0.4 is 10.6 Å². The molecule has 1 heterocycles. The molecule has 2 N–H and O–H groups in total. The zero-order valence-corrected chi connectivity index (χ0v) is 11.8. The van der Waals surface area contributed by atoms with Gasteiger partial charge in [-0.3, -0.25) is 4.79 Å². The minimum atomic E-state index is -0.428. The Bertz CT molecular complexity index is 435. The molecule has 5 nitrogen and oxygen atoms in total. The largest absolute Gasteiger partial charge is 0.377 e. The molecule has 0 unspecified atom stereocenters. The van der Waals surface area contributed by atoms with Gasteiger partial charge in [0.25, 0.3) is 5.91 Å². The molecule has 0 saturated heterocycles. The number of hydrogen-bond donors (Lipinski definition) is 2. The minimum absolute atomic E-state index is 0.204. The summed E-state index contributed by atoms with van der Waals surface area (Å²) < 4.78 is 5.22. The number of nitrogens with one attached hydrogen (secondary N) is 2. The first kappa shape index (κ1) is 14.7. The van der Waals surface area contributed by atoms with Gasteiger partial charge in [-0.1, -0.05) is 11.6 Å². The molecule has 1 rings (SSSR count). The van der Waals surface area contributed by atoms with E-state index in [1.54, 1.807) is 26.3 Å². The zero-order chi connectivity index (χ0) is 13.8. The van der Waals surface area contributed by atoms with Gasteiger partial charge in [-0.15, -0.1) is 0 Å². The molecular weight excluding hydrogens is 254 g/mol. The molecule has 0 fully saturated rings. The molecule has 0 saturated carbocycles. The van der Waals surface area contributed by atoms with Gasteiger partial charge in [-0.05, 0) is 26.0 Å². The van der Waals surface area contributed by atoms with E-state index in [9.17, 15) is 4.79 Å². The Labute approximate surface area is 112 Å². The number of aromatic nitrogens is 1. The number of ether oxygens (including phenoxy) is 1. The van der Waals surface area contributed by atoms with E-state index in [1.165, 1.54) is 0 Å². The fourth-order valence-electron chi connectivity index (χ4n) is 1.19. The van der Waals surface area contributed by atoms with E-state index < -0.39 is 5.60 Å². The number of anilines is 1. The van der Waals surface area contributed by atoms with Crippen molar-refractivity contribution in [2.75, 3.05) is 26.0 Å². The van der Waals surface area contributed by atoms with E-state index in [0.29, 0.717) is 17.4 Å². The number of amides is 1. The third kappa shape index (κ3) is 3.85. The molecule has 0 aliphatic carbocycles. The average Bonchev–Trinajstić information content (AvgIpc) is 2.36. The monoisotopic (exact) mass is 271 g/mol. The summed E-state index contributed by atoms with van der Waals surface area (Å²) in [6.45, 7) is 4.14. The lowest BCUT2D eigenvalue weighted by molar-refractivity contribution is 0.0228. The highest BCUT2D eigenvalue weighted by atomic mass is 35.5. The molecule has 1 aromatic rings. The molecule has 6 heteroatoms. The molecule has 0 aliphatic rings. The van der Waals surface area contributed by atoms with Crippen molar-refractivity contribution in [3.8, 4) is 0 Å². The molecule has 0 radical (unpaired) electrons. The van der Waals surface area contributed by atoms with Crippen LogP contribution in [0.15, 0.2) is 12.1 Å². The van der Waals surface area contributed by atoms with Gasteiger partial charge in [0.2, 0.25) is 0 Å². The fourth-order valence-corrected chi connectivity index (χ4v) is 1.38. The highest BCUT2D eigenvalue weighted by molar-refractivity contribution is 6.33. The maximum atomic E-state index is 12.0. The predicted octanol–water partition coefficient (Wildman–Crippen LogP) is 1.93. The fraction of sp³-hybridized carbons (Fsp3) is 0.500. The van der Waals surface area contributed by atoms with Crippen LogP contribution in [0.1, 0.15) is 24.3 Å². The highest BCUT2D eigenvalue weighted by Crippen LogP contribution is 2.16. The molecular formula is C12H18ClN3O2. The summed E-state index contributed by atoms with van der Waals surface area (Å²) in [5.74, 6) is 0.276. The predicted molar refractivity (Wildman–Crippen MR) is 72.2 cm³/mol. The van der Waals surface area contributed by atoms with Crippen molar-refractivity contribution in [2.45, 2.75) is 19.4 Å². The summed E-state index contributed by atoms with van der Waals surface area (Å²) in [6.07, 6.45) is 0. The number of methoxy groups -OCH3 is 1. The van der Waals surface area contributed by atoms with Crippen molar-refractivity contribution in [1.29, 1.82) is 0 Å². The normalized spacial score (nSPS) is 11.2. The molecule has 0 bridgehead atoms. The van der Waals surface area contributed by atoms with Crippen molar-refractivity contribution in [3.63, 3.8) is 0 Å². The number of carbonyl (C=O) groups excluding carboxylic acids is 1. The van der Waals surface area contributed by atoms with Crippen molar-refractivity contribution < 1.29 is 9.53 Å². The summed E-state index contributed by atoms with van der Waals surface area (Å²) in [6, 6.07) is 3.34. The number of rotatable bonds is 5. The molecule has 0 aliphatic heterocycles. The Morgan fingerprint density at radius 3 is 2.72 bits per heavy atom. The molecule has 0 spiro atoms. The van der Waals surface area contributed by atoms with Crippen molar-refractivity contribution in [2.24, 2.45) is 0 Å². The number of nitrogens with zero attached hydrogens (tertiary/aromatic N) is 1. The first-order valence-corrected chi connectivity index (χ1v) is 5.95. The molecule has 0 atom stereocenters. The second-order valence-electron chi connectivity index (χ2n) is 4.42. The van der Waals surface area contributed by atoms with E-state index in [1.807, 2.05) is 13.8 Å². The number of carbonyl (C=O) groups is 1. The standard InChI is InChI=1S/C12H18ClN3O2/c1-12(2,18-4)7-15-11(17)10-8(13)5-6-9(14-3)16-10/h5-6H,7H2,1-4H3,(H,14,16)(H,15,17). The smallest absolute Gasteiger partial charge is 0.271 e. The van der Waals surface area contributed by atoms with E-state index >= 15 is 0 Å². The maximum absolute atomic E-state index is 12.0. The van der Waals surface area contributed by atoms with Crippen LogP contribution >= 0.6 is 11.6 Å². The molecule has 18 heavy (non-hydrogen) atoms. The van der Waals surface area contributed by atoms with E-state index in [-0.39, 0.29) is 11.6 Å². The first-order chi connectivity index (χ1) is 8.39. The van der Waals surface area contributed by atoms with Crippen LogP contribution in [-0.4, -0.2) is 37.2 Å². The molecule has 1 amide bonds. The minimum Gasteiger partial charge on any atom is -0.377 e. The van der Waals surface area contributed by atoms with Crippen LogP contribution in [-0.2, 0) is 4.74 Å². The Morgan fingerprint density at radius 1 is 1.50 bits per heavy atom. The van der Waals surface area contributed by atoms with Crippen LogP contribution in [0, 0.1) is 0 Å². The summed E-state index contributed by atoms with van der Waals surface area (Å²) in [4.78, 5) is 16.1. The van der Waals surface area contributed by atoms with Gasteiger partial charge in [0.05, 0.1) is 10.6 Å². The first-order valence-electron chi connectivity index (χ1n) is 5.57. The van der Waals surface area contributed by atoms with Crippen molar-refractivity contribution in [3.05, 3.63) is 22.8 Å². The van der Waals surface area contributed by atoms with Gasteiger partial charge < -0.3 is 15.4 Å². The lowest BCUT2D eigenvalue weighted by Gasteiger charge is -2.23. The molecule has 1 aromatic heterocycles. The topological polar surface area (TPSA) is 63.2 Å². The SMILES string of the molecule is CNc1ccc(Cl)c(C(=O)NCC(C)(C)OC)n1. The Morgan fingerprint density at radius 2 is 2.17 bits per heavy atom. The van der Waals surface area contributed by atoms with Crippen molar-refractivity contribution >= 4 is 23.3 Å². The lowest BCUT2D eigenvalue weighted by atomic mass is 10.1. The van der Waals surface area contributed by atoms with Crippen molar-refractivity contribution in [1.82, 2.24) is 10.3 Å². The summed E-state index contributed by atoms with van der Waals surface area (Å²) in [7, 11) is 3.32. The molecule has 0 aromatic carbocycles. The van der Waals surface area contributed by atoms with Gasteiger partial charge in [0.1, 0.15) is 11.5 Å². The zero-order valence-electron chi connectivity index (χ0n) is 11.0. The third-order valence-corrected chi connectivity index (χ3v) is 2.85. The van der Waals surface area contributed by atoms with Gasteiger partial charge in [-0.25, -0.2) is 4.98 Å². The lowest BCUT2D eigenvalue weighted by Crippen LogP contribution is -2.40. The summed E-state index contributed by atoms with van der Waals surface area (Å²) in [5, 5.41) is 5.92. The average molecular weight is 272 g/mol. The summed E-state index contributed by atoms with van der Waals surface area (Å²) >= 11 is 5.95. The maximum Gasteiger partial charge on any atom is 0.271 e.